The van der Waals surface area contributed by atoms with Crippen LogP contribution in [0, 0.1) is 6.92 Å². The van der Waals surface area contributed by atoms with E-state index >= 15 is 0 Å². The highest BCUT2D eigenvalue weighted by atomic mass is 14.9. The van der Waals surface area contributed by atoms with Crippen molar-refractivity contribution in [2.45, 2.75) is 19.8 Å². The van der Waals surface area contributed by atoms with Gasteiger partial charge in [-0.05, 0) is 37.5 Å². The largest absolute Gasteiger partial charge is 0.348 e. The highest BCUT2D eigenvalue weighted by molar-refractivity contribution is 5.54. The first-order valence-corrected chi connectivity index (χ1v) is 4.11. The molecular weight excluding hydrogens is 134 g/mol. The lowest BCUT2D eigenvalue weighted by Gasteiger charge is -2.06. The van der Waals surface area contributed by atoms with E-state index in [1.807, 2.05) is 0 Å². The van der Waals surface area contributed by atoms with Crippen molar-refractivity contribution in [1.29, 1.82) is 0 Å². The summed E-state index contributed by atoms with van der Waals surface area (Å²) in [7, 11) is 2.13. The van der Waals surface area contributed by atoms with Crippen molar-refractivity contribution in [1.82, 2.24) is 4.57 Å². The van der Waals surface area contributed by atoms with E-state index in [-0.39, 0.29) is 0 Å². The molecule has 0 N–H and O–H groups in total. The summed E-state index contributed by atoms with van der Waals surface area (Å²) in [5.41, 5.74) is 4.27. The molecule has 0 amide bonds. The average Bonchev–Trinajstić information content (AvgIpc) is 2.30. The molecule has 0 aromatic carbocycles. The molecule has 0 aliphatic heterocycles. The molecule has 0 spiro atoms. The maximum Gasteiger partial charge on any atom is 0.0435 e. The van der Waals surface area contributed by atoms with Gasteiger partial charge in [-0.3, -0.25) is 0 Å². The lowest BCUT2D eigenvalue weighted by atomic mass is 10.0. The first kappa shape index (κ1) is 6.71. The smallest absolute Gasteiger partial charge is 0.0435 e. The average molecular weight is 147 g/mol. The number of aromatic nitrogens is 1. The van der Waals surface area contributed by atoms with Crippen LogP contribution >= 0.6 is 0 Å². The Hall–Kier alpha value is -0.980. The monoisotopic (exact) mass is 147 g/mol. The number of allylic oxidation sites excluding steroid dienone is 1. The van der Waals surface area contributed by atoms with Gasteiger partial charge in [0.25, 0.3) is 0 Å². The van der Waals surface area contributed by atoms with E-state index in [2.05, 4.69) is 36.8 Å². The number of hydrogen-bond acceptors (Lipinski definition) is 0. The fraction of sp³-hybridized carbons (Fsp3) is 0.400. The van der Waals surface area contributed by atoms with Gasteiger partial charge in [-0.2, -0.15) is 0 Å². The summed E-state index contributed by atoms with van der Waals surface area (Å²) in [6.45, 7) is 2.16. The van der Waals surface area contributed by atoms with Gasteiger partial charge in [0, 0.05) is 18.4 Å². The first-order chi connectivity index (χ1) is 5.29. The molecule has 1 nitrogen and oxygen atoms in total. The van der Waals surface area contributed by atoms with E-state index < -0.39 is 0 Å². The molecule has 58 valence electrons. The predicted molar refractivity (Wildman–Crippen MR) is 47.5 cm³/mol. The Bertz CT molecular complexity index is 305. The summed E-state index contributed by atoms with van der Waals surface area (Å²) < 4.78 is 2.25. The van der Waals surface area contributed by atoms with Crippen LogP contribution in [0.15, 0.2) is 12.1 Å². The molecule has 0 fully saturated rings. The van der Waals surface area contributed by atoms with Crippen LogP contribution in [0.25, 0.3) is 6.08 Å². The maximum absolute atomic E-state index is 2.29. The second kappa shape index (κ2) is 2.26. The summed E-state index contributed by atoms with van der Waals surface area (Å²) in [6, 6.07) is 2.29. The van der Waals surface area contributed by atoms with Crippen molar-refractivity contribution in [2.24, 2.45) is 7.05 Å². The molecule has 1 aliphatic rings. The quantitative estimate of drug-likeness (QED) is 0.530. The van der Waals surface area contributed by atoms with E-state index in [0.29, 0.717) is 0 Å². The Morgan fingerprint density at radius 3 is 3.00 bits per heavy atom. The Morgan fingerprint density at radius 1 is 1.45 bits per heavy atom. The van der Waals surface area contributed by atoms with Crippen LogP contribution in [0.3, 0.4) is 0 Å². The molecule has 1 aromatic rings. The zero-order valence-electron chi connectivity index (χ0n) is 7.09. The maximum atomic E-state index is 2.29. The Kier molecular flexibility index (Phi) is 1.38. The summed E-state index contributed by atoms with van der Waals surface area (Å²) >= 11 is 0. The Morgan fingerprint density at radius 2 is 2.27 bits per heavy atom. The van der Waals surface area contributed by atoms with Crippen molar-refractivity contribution in [2.75, 3.05) is 0 Å². The van der Waals surface area contributed by atoms with E-state index in [4.69, 9.17) is 0 Å². The summed E-state index contributed by atoms with van der Waals surface area (Å²) in [6.07, 6.45) is 6.90. The normalized spacial score (nSPS) is 15.1. The highest BCUT2D eigenvalue weighted by Gasteiger charge is 2.09. The molecule has 11 heavy (non-hydrogen) atoms. The van der Waals surface area contributed by atoms with Crippen LogP contribution in [0.4, 0.5) is 0 Å². The molecule has 1 aromatic heterocycles. The first-order valence-electron chi connectivity index (χ1n) is 4.11. The minimum Gasteiger partial charge on any atom is -0.348 e. The minimum atomic E-state index is 1.20. The standard InChI is InChI=1S/C10H13N/c1-8-7-9-5-3-4-6-10(9)11(8)2/h4,6-7H,3,5H2,1-2H3. The SMILES string of the molecule is Cc1cc2c(n1C)C=CCC2. The molecule has 0 radical (unpaired) electrons. The van der Waals surface area contributed by atoms with Gasteiger partial charge in [-0.1, -0.05) is 6.08 Å². The Balaban J connectivity index is 2.61. The minimum absolute atomic E-state index is 1.20. The van der Waals surface area contributed by atoms with E-state index in [9.17, 15) is 0 Å². The lowest BCUT2D eigenvalue weighted by Crippen LogP contribution is -1.97. The summed E-state index contributed by atoms with van der Waals surface area (Å²) in [5, 5.41) is 0. The van der Waals surface area contributed by atoms with E-state index in [1.54, 1.807) is 0 Å². The van der Waals surface area contributed by atoms with E-state index in [0.717, 1.165) is 0 Å². The molecule has 2 rings (SSSR count). The number of hydrogen-bond donors (Lipinski definition) is 0. The third-order valence-corrected chi connectivity index (χ3v) is 2.46. The van der Waals surface area contributed by atoms with Gasteiger partial charge < -0.3 is 4.57 Å². The third-order valence-electron chi connectivity index (χ3n) is 2.46. The third kappa shape index (κ3) is 0.917. The molecule has 0 bridgehead atoms. The zero-order chi connectivity index (χ0) is 7.84. The van der Waals surface area contributed by atoms with Crippen molar-refractivity contribution < 1.29 is 0 Å². The van der Waals surface area contributed by atoms with Crippen LogP contribution in [0.2, 0.25) is 0 Å². The molecule has 1 heteroatoms. The van der Waals surface area contributed by atoms with Gasteiger partial charge in [0.1, 0.15) is 0 Å². The van der Waals surface area contributed by atoms with E-state index in [1.165, 1.54) is 29.8 Å². The van der Waals surface area contributed by atoms with Crippen LogP contribution < -0.4 is 0 Å². The zero-order valence-corrected chi connectivity index (χ0v) is 7.09. The van der Waals surface area contributed by atoms with Gasteiger partial charge in [0.2, 0.25) is 0 Å². The number of fused-ring (bicyclic) bond motifs is 1. The van der Waals surface area contributed by atoms with Crippen LogP contribution in [-0.4, -0.2) is 4.57 Å². The topological polar surface area (TPSA) is 4.93 Å². The van der Waals surface area contributed by atoms with Crippen molar-refractivity contribution in [3.8, 4) is 0 Å². The van der Waals surface area contributed by atoms with Crippen molar-refractivity contribution >= 4 is 6.08 Å². The van der Waals surface area contributed by atoms with Gasteiger partial charge >= 0.3 is 0 Å². The summed E-state index contributed by atoms with van der Waals surface area (Å²) in [4.78, 5) is 0. The molecule has 0 atom stereocenters. The van der Waals surface area contributed by atoms with Gasteiger partial charge in [0.15, 0.2) is 0 Å². The van der Waals surface area contributed by atoms with Crippen molar-refractivity contribution in [3.05, 3.63) is 29.1 Å². The molecular formula is C10H13N. The van der Waals surface area contributed by atoms with Gasteiger partial charge in [-0.15, -0.1) is 0 Å². The van der Waals surface area contributed by atoms with Crippen molar-refractivity contribution in [3.63, 3.8) is 0 Å². The molecule has 0 unspecified atom stereocenters. The molecule has 0 saturated heterocycles. The highest BCUT2D eigenvalue weighted by Crippen LogP contribution is 2.21. The van der Waals surface area contributed by atoms with Crippen LogP contribution in [0.1, 0.15) is 23.4 Å². The number of nitrogens with zero attached hydrogens (tertiary/aromatic N) is 1. The molecule has 0 saturated carbocycles. The Labute approximate surface area is 67.3 Å². The number of aryl methyl sites for hydroxylation is 2. The lowest BCUT2D eigenvalue weighted by molar-refractivity contribution is 0.855. The molecule has 1 aliphatic carbocycles. The fourth-order valence-corrected chi connectivity index (χ4v) is 1.68. The molecule has 1 heterocycles. The summed E-state index contributed by atoms with van der Waals surface area (Å²) in [5.74, 6) is 0. The van der Waals surface area contributed by atoms with Crippen LogP contribution in [-0.2, 0) is 13.5 Å². The van der Waals surface area contributed by atoms with Crippen LogP contribution in [0.5, 0.6) is 0 Å². The van der Waals surface area contributed by atoms with Gasteiger partial charge in [-0.25, -0.2) is 0 Å². The second-order valence-electron chi connectivity index (χ2n) is 3.20. The van der Waals surface area contributed by atoms with Gasteiger partial charge in [0.05, 0.1) is 0 Å². The number of rotatable bonds is 0. The fourth-order valence-electron chi connectivity index (χ4n) is 1.68. The second-order valence-corrected chi connectivity index (χ2v) is 3.20. The predicted octanol–water partition coefficient (Wildman–Crippen LogP) is 2.29.